The first-order valence-corrected chi connectivity index (χ1v) is 5.83. The Hall–Kier alpha value is -2.28. The minimum atomic E-state index is -0.540. The van der Waals surface area contributed by atoms with Crippen molar-refractivity contribution in [3.05, 3.63) is 29.0 Å². The third-order valence-corrected chi connectivity index (χ3v) is 3.73. The van der Waals surface area contributed by atoms with Crippen molar-refractivity contribution in [2.45, 2.75) is 26.2 Å². The standard InChI is InChI=1S/C14H13N3O/c1-7-9(6-15)8-4-10-12(5-11(8)16-7)17-13(18)14(10,2)3/h4-5,16H,1-3H3,(H,17,18). The number of aromatic amines is 1. The van der Waals surface area contributed by atoms with Crippen molar-refractivity contribution in [1.29, 1.82) is 5.26 Å². The molecule has 3 rings (SSSR count). The van der Waals surface area contributed by atoms with Crippen LogP contribution in [0.3, 0.4) is 0 Å². The van der Waals surface area contributed by atoms with Crippen LogP contribution in [0.15, 0.2) is 12.1 Å². The molecule has 0 bridgehead atoms. The zero-order chi connectivity index (χ0) is 13.1. The predicted molar refractivity (Wildman–Crippen MR) is 69.4 cm³/mol. The number of nitrogens with zero attached hydrogens (tertiary/aromatic N) is 1. The van der Waals surface area contributed by atoms with Crippen LogP contribution >= 0.6 is 0 Å². The number of fused-ring (bicyclic) bond motifs is 2. The molecule has 1 aromatic heterocycles. The molecule has 2 aromatic rings. The number of aryl methyl sites for hydroxylation is 1. The van der Waals surface area contributed by atoms with Gasteiger partial charge in [-0.2, -0.15) is 5.26 Å². The van der Waals surface area contributed by atoms with E-state index in [9.17, 15) is 10.1 Å². The Balaban J connectivity index is 2.38. The fourth-order valence-corrected chi connectivity index (χ4v) is 2.54. The second kappa shape index (κ2) is 3.14. The summed E-state index contributed by atoms with van der Waals surface area (Å²) in [6, 6.07) is 6.07. The minimum absolute atomic E-state index is 0.000354. The van der Waals surface area contributed by atoms with Gasteiger partial charge in [0.2, 0.25) is 5.91 Å². The zero-order valence-electron chi connectivity index (χ0n) is 10.5. The van der Waals surface area contributed by atoms with E-state index in [-0.39, 0.29) is 5.91 Å². The van der Waals surface area contributed by atoms with Crippen molar-refractivity contribution in [2.24, 2.45) is 0 Å². The average molecular weight is 239 g/mol. The van der Waals surface area contributed by atoms with Crippen LogP contribution in [0.5, 0.6) is 0 Å². The molecule has 2 heterocycles. The van der Waals surface area contributed by atoms with Gasteiger partial charge in [0.25, 0.3) is 0 Å². The normalized spacial score (nSPS) is 16.4. The third-order valence-electron chi connectivity index (χ3n) is 3.73. The molecule has 90 valence electrons. The highest BCUT2D eigenvalue weighted by Gasteiger charge is 2.38. The van der Waals surface area contributed by atoms with Gasteiger partial charge in [-0.15, -0.1) is 0 Å². The fourth-order valence-electron chi connectivity index (χ4n) is 2.54. The Morgan fingerprint density at radius 3 is 2.72 bits per heavy atom. The van der Waals surface area contributed by atoms with E-state index in [2.05, 4.69) is 16.4 Å². The van der Waals surface area contributed by atoms with Crippen molar-refractivity contribution in [3.63, 3.8) is 0 Å². The van der Waals surface area contributed by atoms with E-state index in [4.69, 9.17) is 0 Å². The number of nitrogens with one attached hydrogen (secondary N) is 2. The van der Waals surface area contributed by atoms with Crippen LogP contribution in [0.1, 0.15) is 30.7 Å². The van der Waals surface area contributed by atoms with Gasteiger partial charge in [-0.3, -0.25) is 4.79 Å². The first-order chi connectivity index (χ1) is 8.45. The van der Waals surface area contributed by atoms with E-state index in [0.29, 0.717) is 5.56 Å². The molecule has 0 aliphatic carbocycles. The summed E-state index contributed by atoms with van der Waals surface area (Å²) in [7, 11) is 0. The molecule has 0 saturated carbocycles. The van der Waals surface area contributed by atoms with E-state index < -0.39 is 5.41 Å². The van der Waals surface area contributed by atoms with Gasteiger partial charge in [-0.25, -0.2) is 0 Å². The number of anilines is 1. The van der Waals surface area contributed by atoms with Crippen LogP contribution in [-0.4, -0.2) is 10.9 Å². The summed E-state index contributed by atoms with van der Waals surface area (Å²) in [4.78, 5) is 15.1. The SMILES string of the molecule is Cc1[nH]c2cc3c(cc2c1C#N)C(C)(C)C(=O)N3. The second-order valence-electron chi connectivity index (χ2n) is 5.26. The summed E-state index contributed by atoms with van der Waals surface area (Å²) in [5.74, 6) is 0.000354. The van der Waals surface area contributed by atoms with E-state index in [1.807, 2.05) is 32.9 Å². The summed E-state index contributed by atoms with van der Waals surface area (Å²) in [5.41, 5.74) is 3.66. The number of H-pyrrole nitrogens is 1. The zero-order valence-corrected chi connectivity index (χ0v) is 10.5. The highest BCUT2D eigenvalue weighted by atomic mass is 16.2. The Bertz CT molecular complexity index is 732. The molecule has 18 heavy (non-hydrogen) atoms. The molecular weight excluding hydrogens is 226 g/mol. The van der Waals surface area contributed by atoms with Crippen LogP contribution in [0, 0.1) is 18.3 Å². The lowest BCUT2D eigenvalue weighted by Crippen LogP contribution is -2.26. The highest BCUT2D eigenvalue weighted by molar-refractivity contribution is 6.08. The molecule has 1 aromatic carbocycles. The molecule has 0 radical (unpaired) electrons. The van der Waals surface area contributed by atoms with E-state index >= 15 is 0 Å². The Kier molecular flexibility index (Phi) is 1.89. The summed E-state index contributed by atoms with van der Waals surface area (Å²) < 4.78 is 0. The predicted octanol–water partition coefficient (Wildman–Crippen LogP) is 2.58. The maximum atomic E-state index is 11.9. The van der Waals surface area contributed by atoms with E-state index in [0.717, 1.165) is 27.8 Å². The Morgan fingerprint density at radius 1 is 1.33 bits per heavy atom. The van der Waals surface area contributed by atoms with Crippen molar-refractivity contribution >= 4 is 22.5 Å². The lowest BCUT2D eigenvalue weighted by molar-refractivity contribution is -0.119. The highest BCUT2D eigenvalue weighted by Crippen LogP contribution is 2.40. The average Bonchev–Trinajstić information content (AvgIpc) is 2.72. The van der Waals surface area contributed by atoms with Crippen LogP contribution in [0.25, 0.3) is 10.9 Å². The van der Waals surface area contributed by atoms with Gasteiger partial charge in [0.15, 0.2) is 0 Å². The lowest BCUT2D eigenvalue weighted by atomic mass is 9.85. The van der Waals surface area contributed by atoms with Crippen LogP contribution in [0.2, 0.25) is 0 Å². The molecule has 0 atom stereocenters. The second-order valence-corrected chi connectivity index (χ2v) is 5.26. The topological polar surface area (TPSA) is 68.7 Å². The maximum absolute atomic E-state index is 11.9. The van der Waals surface area contributed by atoms with Gasteiger partial charge < -0.3 is 10.3 Å². The molecule has 2 N–H and O–H groups in total. The van der Waals surface area contributed by atoms with E-state index in [1.54, 1.807) is 0 Å². The largest absolute Gasteiger partial charge is 0.357 e. The van der Waals surface area contributed by atoms with Crippen molar-refractivity contribution < 1.29 is 4.79 Å². The number of amides is 1. The number of rotatable bonds is 0. The molecule has 0 spiro atoms. The van der Waals surface area contributed by atoms with Gasteiger partial charge >= 0.3 is 0 Å². The number of benzene rings is 1. The third kappa shape index (κ3) is 1.16. The molecule has 1 aliphatic heterocycles. The van der Waals surface area contributed by atoms with Gasteiger partial charge in [0.05, 0.1) is 11.0 Å². The number of nitriles is 1. The molecular formula is C14H13N3O. The van der Waals surface area contributed by atoms with Crippen LogP contribution in [0.4, 0.5) is 5.69 Å². The monoisotopic (exact) mass is 239 g/mol. The number of carbonyl (C=O) groups excluding carboxylic acids is 1. The summed E-state index contributed by atoms with van der Waals surface area (Å²) in [6.07, 6.45) is 0. The number of hydrogen-bond acceptors (Lipinski definition) is 2. The van der Waals surface area contributed by atoms with Gasteiger partial charge in [0, 0.05) is 22.3 Å². The molecule has 4 nitrogen and oxygen atoms in total. The molecule has 0 fully saturated rings. The lowest BCUT2D eigenvalue weighted by Gasteiger charge is -2.14. The quantitative estimate of drug-likeness (QED) is 0.741. The number of aromatic nitrogens is 1. The van der Waals surface area contributed by atoms with Gasteiger partial charge in [0.1, 0.15) is 6.07 Å². The number of carbonyl (C=O) groups is 1. The molecule has 1 aliphatic rings. The minimum Gasteiger partial charge on any atom is -0.357 e. The first-order valence-electron chi connectivity index (χ1n) is 5.83. The summed E-state index contributed by atoms with van der Waals surface area (Å²) >= 11 is 0. The molecule has 0 saturated heterocycles. The van der Waals surface area contributed by atoms with Gasteiger partial charge in [-0.1, -0.05) is 0 Å². The number of hydrogen-bond donors (Lipinski definition) is 2. The van der Waals surface area contributed by atoms with Crippen LogP contribution < -0.4 is 5.32 Å². The first kappa shape index (κ1) is 10.8. The van der Waals surface area contributed by atoms with E-state index in [1.165, 1.54) is 0 Å². The van der Waals surface area contributed by atoms with Crippen molar-refractivity contribution in [1.82, 2.24) is 4.98 Å². The van der Waals surface area contributed by atoms with Crippen LogP contribution in [-0.2, 0) is 10.2 Å². The van der Waals surface area contributed by atoms with Crippen molar-refractivity contribution in [2.75, 3.05) is 5.32 Å². The fraction of sp³-hybridized carbons (Fsp3) is 0.286. The molecule has 4 heteroatoms. The Morgan fingerprint density at radius 2 is 2.06 bits per heavy atom. The van der Waals surface area contributed by atoms with Crippen molar-refractivity contribution in [3.8, 4) is 6.07 Å². The Labute approximate surface area is 105 Å². The summed E-state index contributed by atoms with van der Waals surface area (Å²) in [5, 5.41) is 13.0. The summed E-state index contributed by atoms with van der Waals surface area (Å²) in [6.45, 7) is 5.67. The van der Waals surface area contributed by atoms with Gasteiger partial charge in [-0.05, 0) is 38.5 Å². The smallest absolute Gasteiger partial charge is 0.234 e. The maximum Gasteiger partial charge on any atom is 0.234 e. The molecule has 1 amide bonds. The molecule has 0 unspecified atom stereocenters.